The van der Waals surface area contributed by atoms with Crippen LogP contribution in [0.2, 0.25) is 0 Å². The van der Waals surface area contributed by atoms with E-state index in [0.29, 0.717) is 5.13 Å². The molecule has 1 atom stereocenters. The average Bonchev–Trinajstić information content (AvgIpc) is 2.96. The molecule has 2 aromatic rings. The molecule has 20 heavy (non-hydrogen) atoms. The van der Waals surface area contributed by atoms with Gasteiger partial charge < -0.3 is 11.1 Å². The maximum absolute atomic E-state index is 11.8. The number of nitrogens with two attached hydrogens (primary N) is 1. The van der Waals surface area contributed by atoms with Crippen molar-refractivity contribution in [3.05, 3.63) is 22.4 Å². The molecule has 110 valence electrons. The monoisotopic (exact) mass is 331 g/mol. The molecule has 0 aliphatic heterocycles. The van der Waals surface area contributed by atoms with Crippen molar-refractivity contribution in [1.29, 1.82) is 0 Å². The van der Waals surface area contributed by atoms with E-state index in [2.05, 4.69) is 23.3 Å². The van der Waals surface area contributed by atoms with Gasteiger partial charge in [0, 0.05) is 10.3 Å². The summed E-state index contributed by atoms with van der Waals surface area (Å²) in [5.41, 5.74) is 6.70. The average molecular weight is 332 g/mol. The van der Waals surface area contributed by atoms with Crippen molar-refractivity contribution in [2.45, 2.75) is 26.8 Å². The van der Waals surface area contributed by atoms with Gasteiger partial charge in [-0.3, -0.25) is 4.79 Å². The molecule has 0 radical (unpaired) electrons. The third-order valence-electron chi connectivity index (χ3n) is 2.75. The number of thiophene rings is 1. The van der Waals surface area contributed by atoms with Gasteiger partial charge in [-0.25, -0.2) is 4.98 Å². The minimum absolute atomic E-state index is 0. The number of rotatable bonds is 4. The van der Waals surface area contributed by atoms with Crippen LogP contribution in [-0.4, -0.2) is 16.9 Å². The van der Waals surface area contributed by atoms with Crippen molar-refractivity contribution >= 4 is 46.1 Å². The predicted octanol–water partition coefficient (Wildman–Crippen LogP) is 3.52. The fraction of sp³-hybridized carbons (Fsp3) is 0.385. The van der Waals surface area contributed by atoms with Crippen LogP contribution in [0.1, 0.15) is 18.7 Å². The zero-order valence-electron chi connectivity index (χ0n) is 11.5. The van der Waals surface area contributed by atoms with Crippen LogP contribution in [0.4, 0.5) is 5.13 Å². The highest BCUT2D eigenvalue weighted by Gasteiger charge is 2.18. The lowest BCUT2D eigenvalue weighted by atomic mass is 10.1. The van der Waals surface area contributed by atoms with Crippen LogP contribution in [0.5, 0.6) is 0 Å². The molecule has 2 rings (SSSR count). The van der Waals surface area contributed by atoms with E-state index >= 15 is 0 Å². The Morgan fingerprint density at radius 2 is 2.10 bits per heavy atom. The summed E-state index contributed by atoms with van der Waals surface area (Å²) in [6.45, 7) is 5.91. The van der Waals surface area contributed by atoms with Crippen LogP contribution < -0.4 is 11.1 Å². The van der Waals surface area contributed by atoms with Gasteiger partial charge in [0.2, 0.25) is 5.91 Å². The number of halogens is 1. The first-order valence-electron chi connectivity index (χ1n) is 6.06. The first kappa shape index (κ1) is 17.1. The minimum atomic E-state index is -0.503. The van der Waals surface area contributed by atoms with E-state index in [4.69, 9.17) is 5.73 Å². The molecule has 4 nitrogen and oxygen atoms in total. The van der Waals surface area contributed by atoms with E-state index in [9.17, 15) is 4.79 Å². The van der Waals surface area contributed by atoms with Crippen molar-refractivity contribution in [1.82, 2.24) is 4.98 Å². The quantitative estimate of drug-likeness (QED) is 0.900. The number of aromatic nitrogens is 1. The topological polar surface area (TPSA) is 68.0 Å². The number of amides is 1. The fourth-order valence-electron chi connectivity index (χ4n) is 1.51. The van der Waals surface area contributed by atoms with Gasteiger partial charge in [-0.05, 0) is 25.0 Å². The highest BCUT2D eigenvalue weighted by Crippen LogP contribution is 2.30. The summed E-state index contributed by atoms with van der Waals surface area (Å²) in [5.74, 6) is -0.0716. The van der Waals surface area contributed by atoms with Crippen LogP contribution in [0, 0.1) is 12.8 Å². The normalized spacial score (nSPS) is 12.1. The van der Waals surface area contributed by atoms with E-state index in [0.717, 1.165) is 10.6 Å². The molecule has 0 bridgehead atoms. The molecule has 0 aliphatic rings. The number of thiazole rings is 1. The van der Waals surface area contributed by atoms with E-state index < -0.39 is 6.04 Å². The van der Waals surface area contributed by atoms with Gasteiger partial charge in [0.25, 0.3) is 0 Å². The molecule has 0 spiro atoms. The van der Waals surface area contributed by atoms with Crippen molar-refractivity contribution < 1.29 is 4.79 Å². The van der Waals surface area contributed by atoms with Crippen LogP contribution in [0.3, 0.4) is 0 Å². The molecule has 0 aliphatic carbocycles. The second-order valence-corrected chi connectivity index (χ2v) is 6.85. The largest absolute Gasteiger partial charge is 0.320 e. The number of carbonyl (C=O) groups is 1. The highest BCUT2D eigenvalue weighted by atomic mass is 35.5. The summed E-state index contributed by atoms with van der Waals surface area (Å²) in [5, 5.41) is 5.31. The molecule has 0 fully saturated rings. The fourth-order valence-corrected chi connectivity index (χ4v) is 3.12. The number of anilines is 1. The molecular weight excluding hydrogens is 314 g/mol. The standard InChI is InChI=1S/C13H17N3OS2.ClH/c1-7(2)11(14)12(17)16-13-15-9(6-18-13)10-5-4-8(3)19-10;/h4-7,11H,14H2,1-3H3,(H,15,16,17);1H/t11-;/m0./s1. The summed E-state index contributed by atoms with van der Waals surface area (Å²) in [7, 11) is 0. The lowest BCUT2D eigenvalue weighted by Crippen LogP contribution is -2.39. The molecular formula is C13H18ClN3OS2. The zero-order chi connectivity index (χ0) is 14.0. The van der Waals surface area contributed by atoms with Crippen molar-refractivity contribution in [3.63, 3.8) is 0 Å². The Bertz CT molecular complexity index is 580. The zero-order valence-corrected chi connectivity index (χ0v) is 14.0. The molecule has 0 saturated heterocycles. The molecule has 2 aromatic heterocycles. The van der Waals surface area contributed by atoms with Crippen LogP contribution in [0.25, 0.3) is 10.6 Å². The summed E-state index contributed by atoms with van der Waals surface area (Å²) < 4.78 is 0. The number of aryl methyl sites for hydroxylation is 1. The van der Waals surface area contributed by atoms with E-state index in [1.807, 2.05) is 25.3 Å². The second kappa shape index (κ2) is 7.17. The number of nitrogens with one attached hydrogen (secondary N) is 1. The van der Waals surface area contributed by atoms with Crippen molar-refractivity contribution in [2.75, 3.05) is 5.32 Å². The molecule has 1 amide bonds. The predicted molar refractivity (Wildman–Crippen MR) is 88.9 cm³/mol. The third kappa shape index (κ3) is 4.02. The Kier molecular flexibility index (Phi) is 6.13. The van der Waals surface area contributed by atoms with Gasteiger partial charge in [0.05, 0.1) is 16.6 Å². The second-order valence-electron chi connectivity index (χ2n) is 4.71. The molecule has 0 saturated carbocycles. The highest BCUT2D eigenvalue weighted by molar-refractivity contribution is 7.17. The number of nitrogens with zero attached hydrogens (tertiary/aromatic N) is 1. The first-order valence-corrected chi connectivity index (χ1v) is 7.75. The number of carbonyl (C=O) groups excluding carboxylic acids is 1. The maximum atomic E-state index is 11.8. The Morgan fingerprint density at radius 1 is 1.40 bits per heavy atom. The lowest BCUT2D eigenvalue weighted by molar-refractivity contribution is -0.118. The van der Waals surface area contributed by atoms with Crippen molar-refractivity contribution in [3.8, 4) is 10.6 Å². The molecule has 0 aromatic carbocycles. The SMILES string of the molecule is Cc1ccc(-c2csc(NC(=O)[C@@H](N)C(C)C)n2)s1.Cl. The van der Waals surface area contributed by atoms with Gasteiger partial charge in [-0.1, -0.05) is 13.8 Å². The van der Waals surface area contributed by atoms with E-state index in [1.165, 1.54) is 16.2 Å². The van der Waals surface area contributed by atoms with Crippen LogP contribution >= 0.6 is 35.1 Å². The van der Waals surface area contributed by atoms with Gasteiger partial charge in [-0.2, -0.15) is 0 Å². The Labute approximate surface area is 132 Å². The summed E-state index contributed by atoms with van der Waals surface area (Å²) in [6.07, 6.45) is 0. The Morgan fingerprint density at radius 3 is 2.65 bits per heavy atom. The van der Waals surface area contributed by atoms with Gasteiger partial charge >= 0.3 is 0 Å². The summed E-state index contributed by atoms with van der Waals surface area (Å²) >= 11 is 3.11. The van der Waals surface area contributed by atoms with Crippen molar-refractivity contribution in [2.24, 2.45) is 11.7 Å². The number of hydrogen-bond donors (Lipinski definition) is 2. The van der Waals surface area contributed by atoms with E-state index in [-0.39, 0.29) is 24.2 Å². The van der Waals surface area contributed by atoms with Crippen LogP contribution in [0.15, 0.2) is 17.5 Å². The minimum Gasteiger partial charge on any atom is -0.320 e. The lowest BCUT2D eigenvalue weighted by Gasteiger charge is -2.13. The van der Waals surface area contributed by atoms with E-state index in [1.54, 1.807) is 11.3 Å². The Hall–Kier alpha value is -0.950. The van der Waals surface area contributed by atoms with Crippen LogP contribution in [-0.2, 0) is 4.79 Å². The van der Waals surface area contributed by atoms with Gasteiger partial charge in [0.1, 0.15) is 0 Å². The summed E-state index contributed by atoms with van der Waals surface area (Å²) in [6, 6.07) is 3.60. The third-order valence-corrected chi connectivity index (χ3v) is 4.53. The summed E-state index contributed by atoms with van der Waals surface area (Å²) in [4.78, 5) is 18.6. The molecule has 2 heterocycles. The maximum Gasteiger partial charge on any atom is 0.243 e. The Balaban J connectivity index is 0.00000200. The van der Waals surface area contributed by atoms with Gasteiger partial charge in [-0.15, -0.1) is 35.1 Å². The molecule has 0 unspecified atom stereocenters. The molecule has 7 heteroatoms. The number of hydrogen-bond acceptors (Lipinski definition) is 5. The first-order chi connectivity index (χ1) is 8.97. The smallest absolute Gasteiger partial charge is 0.243 e. The molecule has 3 N–H and O–H groups in total. The van der Waals surface area contributed by atoms with Gasteiger partial charge in [0.15, 0.2) is 5.13 Å².